The predicted octanol–water partition coefficient (Wildman–Crippen LogP) is 2.45. The Morgan fingerprint density at radius 3 is 2.67 bits per heavy atom. The number of carbonyl (C=O) groups excluding carboxylic acids is 1. The predicted molar refractivity (Wildman–Crippen MR) is 90.9 cm³/mol. The molecule has 0 fully saturated rings. The largest absolute Gasteiger partial charge is 0.366 e. The summed E-state index contributed by atoms with van der Waals surface area (Å²) in [7, 11) is 0. The van der Waals surface area contributed by atoms with Gasteiger partial charge in [0.2, 0.25) is 5.95 Å². The standard InChI is InChI=1S/C18H19N5O/c1-18(2)9-13-15(14(24)10-18)12(8-11-6-4-3-5-7-11)20-17-21-16(19)22-23(13)17/h3-7H,8-10H2,1-2H3,(H2,19,22). The lowest BCUT2D eigenvalue weighted by atomic mass is 9.75. The molecule has 2 aromatic heterocycles. The minimum absolute atomic E-state index is 0.108. The van der Waals surface area contributed by atoms with Gasteiger partial charge in [-0.05, 0) is 17.4 Å². The molecule has 6 heteroatoms. The Kier molecular flexibility index (Phi) is 3.16. The smallest absolute Gasteiger partial charge is 0.254 e. The Balaban J connectivity index is 1.94. The quantitative estimate of drug-likeness (QED) is 0.783. The van der Waals surface area contributed by atoms with Gasteiger partial charge < -0.3 is 5.73 Å². The molecule has 0 aliphatic heterocycles. The number of anilines is 1. The van der Waals surface area contributed by atoms with Crippen LogP contribution in [0.1, 0.15) is 47.6 Å². The molecule has 0 atom stereocenters. The van der Waals surface area contributed by atoms with Crippen LogP contribution in [0.4, 0.5) is 5.95 Å². The first-order chi connectivity index (χ1) is 11.4. The fourth-order valence-electron chi connectivity index (χ4n) is 3.46. The van der Waals surface area contributed by atoms with Crippen molar-refractivity contribution in [2.24, 2.45) is 5.41 Å². The first kappa shape index (κ1) is 14.8. The van der Waals surface area contributed by atoms with Crippen LogP contribution in [0, 0.1) is 5.41 Å². The number of nitrogen functional groups attached to an aromatic ring is 1. The molecule has 1 aromatic carbocycles. The van der Waals surface area contributed by atoms with E-state index in [2.05, 4.69) is 28.9 Å². The fraction of sp³-hybridized carbons (Fsp3) is 0.333. The molecule has 1 aliphatic carbocycles. The summed E-state index contributed by atoms with van der Waals surface area (Å²) in [5.74, 6) is 0.760. The summed E-state index contributed by atoms with van der Waals surface area (Å²) in [5.41, 5.74) is 9.09. The van der Waals surface area contributed by atoms with E-state index in [0.29, 0.717) is 24.2 Å². The van der Waals surface area contributed by atoms with Crippen molar-refractivity contribution in [2.75, 3.05) is 5.73 Å². The third-order valence-corrected chi connectivity index (χ3v) is 4.45. The lowest BCUT2D eigenvalue weighted by molar-refractivity contribution is 0.0907. The Labute approximate surface area is 139 Å². The molecule has 122 valence electrons. The van der Waals surface area contributed by atoms with Crippen LogP contribution in [0.2, 0.25) is 0 Å². The molecule has 0 spiro atoms. The summed E-state index contributed by atoms with van der Waals surface area (Å²) in [5, 5.41) is 4.24. The van der Waals surface area contributed by atoms with E-state index in [1.165, 1.54) is 0 Å². The van der Waals surface area contributed by atoms with Gasteiger partial charge in [0.25, 0.3) is 5.78 Å². The van der Waals surface area contributed by atoms with Gasteiger partial charge in [0.05, 0.1) is 17.0 Å². The summed E-state index contributed by atoms with van der Waals surface area (Å²) in [6.07, 6.45) is 1.86. The van der Waals surface area contributed by atoms with Crippen molar-refractivity contribution in [3.63, 3.8) is 0 Å². The lowest BCUT2D eigenvalue weighted by Crippen LogP contribution is -2.31. The third-order valence-electron chi connectivity index (χ3n) is 4.45. The first-order valence-corrected chi connectivity index (χ1v) is 8.04. The van der Waals surface area contributed by atoms with Gasteiger partial charge in [-0.1, -0.05) is 44.2 Å². The van der Waals surface area contributed by atoms with Crippen LogP contribution in [0.5, 0.6) is 0 Å². The zero-order valence-electron chi connectivity index (χ0n) is 13.8. The number of rotatable bonds is 2. The molecule has 2 heterocycles. The molecule has 4 rings (SSSR count). The van der Waals surface area contributed by atoms with Gasteiger partial charge in [0.1, 0.15) is 0 Å². The molecule has 0 saturated carbocycles. The van der Waals surface area contributed by atoms with Crippen LogP contribution in [-0.2, 0) is 12.8 Å². The van der Waals surface area contributed by atoms with Gasteiger partial charge in [0, 0.05) is 12.8 Å². The third kappa shape index (κ3) is 2.44. The normalized spacial score (nSPS) is 16.3. The average Bonchev–Trinajstić information content (AvgIpc) is 2.87. The molecule has 1 aliphatic rings. The average molecular weight is 321 g/mol. The number of aromatic nitrogens is 4. The summed E-state index contributed by atoms with van der Waals surface area (Å²) < 4.78 is 1.64. The summed E-state index contributed by atoms with van der Waals surface area (Å²) in [6, 6.07) is 10.0. The van der Waals surface area contributed by atoms with Crippen molar-refractivity contribution < 1.29 is 4.79 Å². The topological polar surface area (TPSA) is 86.2 Å². The van der Waals surface area contributed by atoms with Gasteiger partial charge in [-0.3, -0.25) is 4.79 Å². The zero-order valence-corrected chi connectivity index (χ0v) is 13.8. The number of nitrogens with zero attached hydrogens (tertiary/aromatic N) is 4. The number of fused-ring (bicyclic) bond motifs is 3. The van der Waals surface area contributed by atoms with Crippen LogP contribution >= 0.6 is 0 Å². The maximum absolute atomic E-state index is 12.8. The van der Waals surface area contributed by atoms with E-state index in [1.807, 2.05) is 30.3 Å². The highest BCUT2D eigenvalue weighted by Gasteiger charge is 2.35. The van der Waals surface area contributed by atoms with Crippen LogP contribution < -0.4 is 5.73 Å². The number of carbonyl (C=O) groups is 1. The maximum Gasteiger partial charge on any atom is 0.254 e. The zero-order chi connectivity index (χ0) is 16.9. The molecule has 0 saturated heterocycles. The summed E-state index contributed by atoms with van der Waals surface area (Å²) >= 11 is 0. The minimum Gasteiger partial charge on any atom is -0.366 e. The van der Waals surface area contributed by atoms with E-state index in [-0.39, 0.29) is 17.1 Å². The molecular weight excluding hydrogens is 302 g/mol. The molecule has 2 N–H and O–H groups in total. The first-order valence-electron chi connectivity index (χ1n) is 8.04. The van der Waals surface area contributed by atoms with Crippen molar-refractivity contribution >= 4 is 17.5 Å². The van der Waals surface area contributed by atoms with Gasteiger partial charge in [-0.15, -0.1) is 5.10 Å². The van der Waals surface area contributed by atoms with Crippen LogP contribution in [0.3, 0.4) is 0 Å². The van der Waals surface area contributed by atoms with Crippen molar-refractivity contribution in [1.29, 1.82) is 0 Å². The maximum atomic E-state index is 12.8. The Morgan fingerprint density at radius 1 is 1.17 bits per heavy atom. The van der Waals surface area contributed by atoms with E-state index in [9.17, 15) is 4.79 Å². The fourth-order valence-corrected chi connectivity index (χ4v) is 3.46. The number of hydrogen-bond donors (Lipinski definition) is 1. The molecule has 24 heavy (non-hydrogen) atoms. The van der Waals surface area contributed by atoms with Gasteiger partial charge in [0.15, 0.2) is 5.78 Å². The number of Topliss-reactive ketones (excluding diaryl/α,β-unsaturated/α-hetero) is 1. The second-order valence-corrected chi connectivity index (χ2v) is 7.17. The Bertz CT molecular complexity index is 943. The van der Waals surface area contributed by atoms with Gasteiger partial charge >= 0.3 is 0 Å². The molecule has 0 amide bonds. The summed E-state index contributed by atoms with van der Waals surface area (Å²) in [6.45, 7) is 4.19. The SMILES string of the molecule is CC1(C)CC(=O)c2c(Cc3ccccc3)nc3nc(N)nn3c2C1. The highest BCUT2D eigenvalue weighted by Crippen LogP contribution is 2.36. The number of hydrogen-bond acceptors (Lipinski definition) is 5. The second-order valence-electron chi connectivity index (χ2n) is 7.17. The van der Waals surface area contributed by atoms with Gasteiger partial charge in [-0.2, -0.15) is 9.50 Å². The van der Waals surface area contributed by atoms with E-state index in [4.69, 9.17) is 5.73 Å². The molecule has 0 bridgehead atoms. The molecule has 0 radical (unpaired) electrons. The minimum atomic E-state index is -0.108. The molecule has 6 nitrogen and oxygen atoms in total. The highest BCUT2D eigenvalue weighted by atomic mass is 16.1. The second kappa shape index (κ2) is 5.12. The Hall–Kier alpha value is -2.76. The van der Waals surface area contributed by atoms with E-state index >= 15 is 0 Å². The Morgan fingerprint density at radius 2 is 1.92 bits per heavy atom. The van der Waals surface area contributed by atoms with Gasteiger partial charge in [-0.25, -0.2) is 4.98 Å². The highest BCUT2D eigenvalue weighted by molar-refractivity contribution is 6.00. The molecule has 3 aromatic rings. The van der Waals surface area contributed by atoms with Crippen molar-refractivity contribution in [3.05, 3.63) is 52.8 Å². The van der Waals surface area contributed by atoms with Crippen LogP contribution in [0.25, 0.3) is 5.78 Å². The monoisotopic (exact) mass is 321 g/mol. The van der Waals surface area contributed by atoms with Crippen LogP contribution in [0.15, 0.2) is 30.3 Å². The van der Waals surface area contributed by atoms with Crippen molar-refractivity contribution in [1.82, 2.24) is 19.6 Å². The van der Waals surface area contributed by atoms with E-state index < -0.39 is 0 Å². The number of ketones is 1. The molecule has 0 unspecified atom stereocenters. The molecular formula is C18H19N5O. The van der Waals surface area contributed by atoms with Crippen molar-refractivity contribution in [2.45, 2.75) is 33.1 Å². The summed E-state index contributed by atoms with van der Waals surface area (Å²) in [4.78, 5) is 21.6. The number of benzene rings is 1. The van der Waals surface area contributed by atoms with E-state index in [0.717, 1.165) is 23.4 Å². The van der Waals surface area contributed by atoms with E-state index in [1.54, 1.807) is 4.52 Å². The van der Waals surface area contributed by atoms with Crippen LogP contribution in [-0.4, -0.2) is 25.4 Å². The van der Waals surface area contributed by atoms with Crippen molar-refractivity contribution in [3.8, 4) is 0 Å². The number of nitrogens with two attached hydrogens (primary N) is 1. The lowest BCUT2D eigenvalue weighted by Gasteiger charge is -2.30.